The molecule has 4 rings (SSSR count). The third-order valence-electron chi connectivity index (χ3n) is 6.42. The Balaban J connectivity index is 1.38. The van der Waals surface area contributed by atoms with Crippen LogP contribution in [0.15, 0.2) is 48.7 Å². The van der Waals surface area contributed by atoms with Crippen molar-refractivity contribution in [1.82, 2.24) is 4.57 Å². The number of anilines is 1. The monoisotopic (exact) mass is 434 g/mol. The Morgan fingerprint density at radius 2 is 1.84 bits per heavy atom. The maximum absolute atomic E-state index is 12.7. The second-order valence-electron chi connectivity index (χ2n) is 8.84. The van der Waals surface area contributed by atoms with Gasteiger partial charge in [0.1, 0.15) is 5.75 Å². The summed E-state index contributed by atoms with van der Waals surface area (Å²) in [6, 6.07) is 13.3. The molecule has 32 heavy (non-hydrogen) atoms. The van der Waals surface area contributed by atoms with Crippen LogP contribution < -0.4 is 10.1 Å². The lowest BCUT2D eigenvalue weighted by atomic mass is 9.95. The molecule has 170 valence electrons. The first kappa shape index (κ1) is 22.3. The molecule has 0 bridgehead atoms. The lowest BCUT2D eigenvalue weighted by Crippen LogP contribution is -2.11. The molecule has 1 aliphatic carbocycles. The van der Waals surface area contributed by atoms with Gasteiger partial charge in [0.2, 0.25) is 0 Å². The quantitative estimate of drug-likeness (QED) is 0.354. The van der Waals surface area contributed by atoms with E-state index in [0.717, 1.165) is 41.5 Å². The molecule has 0 saturated heterocycles. The van der Waals surface area contributed by atoms with Crippen LogP contribution in [-0.4, -0.2) is 22.2 Å². The summed E-state index contributed by atoms with van der Waals surface area (Å²) in [5.41, 5.74) is 1.31. The maximum atomic E-state index is 12.7. The smallest absolute Gasteiger partial charge is 0.255 e. The van der Waals surface area contributed by atoms with Gasteiger partial charge in [-0.05, 0) is 61.7 Å². The van der Waals surface area contributed by atoms with E-state index in [9.17, 15) is 9.90 Å². The van der Waals surface area contributed by atoms with Gasteiger partial charge < -0.3 is 19.7 Å². The third kappa shape index (κ3) is 5.26. The highest BCUT2D eigenvalue weighted by molar-refractivity contribution is 6.05. The van der Waals surface area contributed by atoms with E-state index in [1.165, 1.54) is 38.5 Å². The van der Waals surface area contributed by atoms with Crippen LogP contribution in [0.4, 0.5) is 5.69 Å². The van der Waals surface area contributed by atoms with Crippen LogP contribution >= 0.6 is 0 Å². The largest absolute Gasteiger partial charge is 0.494 e. The van der Waals surface area contributed by atoms with E-state index in [1.807, 2.05) is 41.1 Å². The zero-order valence-electron chi connectivity index (χ0n) is 19.0. The fourth-order valence-corrected chi connectivity index (χ4v) is 4.56. The molecule has 2 N–H and O–H groups in total. The molecule has 1 amide bonds. The number of fused-ring (bicyclic) bond motifs is 1. The van der Waals surface area contributed by atoms with Gasteiger partial charge in [0, 0.05) is 34.3 Å². The average molecular weight is 435 g/mol. The van der Waals surface area contributed by atoms with Crippen LogP contribution in [0.5, 0.6) is 11.6 Å². The van der Waals surface area contributed by atoms with Crippen LogP contribution in [0.25, 0.3) is 10.8 Å². The molecule has 0 spiro atoms. The summed E-state index contributed by atoms with van der Waals surface area (Å²) in [6.07, 6.45) is 12.6. The van der Waals surface area contributed by atoms with Crippen molar-refractivity contribution in [3.8, 4) is 11.6 Å². The van der Waals surface area contributed by atoms with Gasteiger partial charge in [0.15, 0.2) is 5.88 Å². The Morgan fingerprint density at radius 1 is 1.06 bits per heavy atom. The van der Waals surface area contributed by atoms with Gasteiger partial charge in [-0.15, -0.1) is 0 Å². The molecular weight excluding hydrogens is 400 g/mol. The number of carbonyl (C=O) groups excluding carboxylic acids is 1. The molecule has 1 aliphatic rings. The van der Waals surface area contributed by atoms with Crippen molar-refractivity contribution in [2.75, 3.05) is 11.9 Å². The number of carbonyl (C=O) groups is 1. The fraction of sp³-hybridized carbons (Fsp3) is 0.444. The van der Waals surface area contributed by atoms with Crippen molar-refractivity contribution >= 4 is 22.4 Å². The number of nitrogens with zero attached hydrogens (tertiary/aromatic N) is 1. The van der Waals surface area contributed by atoms with Crippen LogP contribution in [0, 0.1) is 0 Å². The first-order valence-corrected chi connectivity index (χ1v) is 12.0. The van der Waals surface area contributed by atoms with Crippen molar-refractivity contribution in [1.29, 1.82) is 0 Å². The van der Waals surface area contributed by atoms with Crippen LogP contribution in [0.1, 0.15) is 81.1 Å². The number of rotatable bonds is 9. The Morgan fingerprint density at radius 3 is 2.59 bits per heavy atom. The minimum absolute atomic E-state index is 0.158. The molecule has 2 aromatic carbocycles. The van der Waals surface area contributed by atoms with Crippen molar-refractivity contribution in [3.63, 3.8) is 0 Å². The summed E-state index contributed by atoms with van der Waals surface area (Å²) in [4.78, 5) is 12.7. The molecule has 1 saturated carbocycles. The summed E-state index contributed by atoms with van der Waals surface area (Å²) < 4.78 is 7.77. The van der Waals surface area contributed by atoms with Crippen LogP contribution in [-0.2, 0) is 0 Å². The van der Waals surface area contributed by atoms with Gasteiger partial charge in [-0.25, -0.2) is 0 Å². The zero-order valence-corrected chi connectivity index (χ0v) is 19.0. The van der Waals surface area contributed by atoms with Crippen molar-refractivity contribution in [2.24, 2.45) is 0 Å². The summed E-state index contributed by atoms with van der Waals surface area (Å²) in [5.74, 6) is 0.962. The summed E-state index contributed by atoms with van der Waals surface area (Å²) in [5, 5.41) is 15.4. The van der Waals surface area contributed by atoms with Gasteiger partial charge in [-0.3, -0.25) is 4.79 Å². The molecule has 1 aromatic heterocycles. The molecule has 5 heteroatoms. The molecule has 5 nitrogen and oxygen atoms in total. The number of ether oxygens (including phenoxy) is 1. The third-order valence-corrected chi connectivity index (χ3v) is 6.42. The molecule has 1 fully saturated rings. The predicted molar refractivity (Wildman–Crippen MR) is 130 cm³/mol. The highest BCUT2D eigenvalue weighted by Crippen LogP contribution is 2.37. The summed E-state index contributed by atoms with van der Waals surface area (Å²) >= 11 is 0. The lowest BCUT2D eigenvalue weighted by molar-refractivity contribution is 0.102. The summed E-state index contributed by atoms with van der Waals surface area (Å²) in [7, 11) is 0. The number of aromatic nitrogens is 1. The normalized spacial score (nSPS) is 14.5. The van der Waals surface area contributed by atoms with Gasteiger partial charge in [0.25, 0.3) is 5.91 Å². The van der Waals surface area contributed by atoms with E-state index < -0.39 is 0 Å². The highest BCUT2D eigenvalue weighted by Gasteiger charge is 2.19. The van der Waals surface area contributed by atoms with E-state index in [4.69, 9.17) is 4.74 Å². The Labute approximate surface area is 190 Å². The van der Waals surface area contributed by atoms with Gasteiger partial charge in [-0.2, -0.15) is 0 Å². The molecule has 0 radical (unpaired) electrons. The van der Waals surface area contributed by atoms with Gasteiger partial charge in [0.05, 0.1) is 6.61 Å². The number of hydrogen-bond acceptors (Lipinski definition) is 3. The minimum atomic E-state index is -0.158. The van der Waals surface area contributed by atoms with Gasteiger partial charge in [-0.1, -0.05) is 45.4 Å². The topological polar surface area (TPSA) is 63.5 Å². The first-order valence-electron chi connectivity index (χ1n) is 12.0. The molecule has 0 atom stereocenters. The highest BCUT2D eigenvalue weighted by atomic mass is 16.5. The molecule has 3 aromatic rings. The maximum Gasteiger partial charge on any atom is 0.255 e. The lowest BCUT2D eigenvalue weighted by Gasteiger charge is -2.23. The van der Waals surface area contributed by atoms with E-state index in [-0.39, 0.29) is 5.91 Å². The molecule has 0 unspecified atom stereocenters. The molecule has 1 heterocycles. The number of benzene rings is 2. The molecular formula is C27H34N2O3. The summed E-state index contributed by atoms with van der Waals surface area (Å²) in [6.45, 7) is 2.90. The Kier molecular flexibility index (Phi) is 7.35. The average Bonchev–Trinajstić information content (AvgIpc) is 3.15. The number of aromatic hydroxyl groups is 1. The number of unbranched alkanes of at least 4 members (excludes halogenated alkanes) is 3. The zero-order chi connectivity index (χ0) is 22.3. The van der Waals surface area contributed by atoms with Gasteiger partial charge >= 0.3 is 0 Å². The molecule has 0 aliphatic heterocycles. The van der Waals surface area contributed by atoms with Crippen molar-refractivity contribution < 1.29 is 14.6 Å². The Bertz CT molecular complexity index is 1030. The van der Waals surface area contributed by atoms with E-state index in [0.29, 0.717) is 24.1 Å². The SMILES string of the molecule is CCCCCCOc1ccc(C(=O)Nc2ccc3c(O)n(C4CCCCC4)cc3c2)cc1. The van der Waals surface area contributed by atoms with Crippen LogP contribution in [0.3, 0.4) is 0 Å². The number of hydrogen-bond donors (Lipinski definition) is 2. The second kappa shape index (κ2) is 10.6. The number of nitrogens with one attached hydrogen (secondary N) is 1. The van der Waals surface area contributed by atoms with Crippen molar-refractivity contribution in [2.45, 2.75) is 70.8 Å². The first-order chi connectivity index (χ1) is 15.7. The minimum Gasteiger partial charge on any atom is -0.494 e. The van der Waals surface area contributed by atoms with Crippen LogP contribution in [0.2, 0.25) is 0 Å². The number of amides is 1. The predicted octanol–water partition coefficient (Wildman–Crippen LogP) is 7.06. The fourth-order valence-electron chi connectivity index (χ4n) is 4.56. The van der Waals surface area contributed by atoms with E-state index >= 15 is 0 Å². The second-order valence-corrected chi connectivity index (χ2v) is 8.84. The standard InChI is InChI=1S/C27H34N2O3/c1-2-3-4-8-17-32-24-14-11-20(12-15-24)26(30)28-22-13-16-25-21(18-22)19-29(27(25)31)23-9-6-5-7-10-23/h11-16,18-19,23,31H,2-10,17H2,1H3,(H,28,30). The van der Waals surface area contributed by atoms with Crippen molar-refractivity contribution in [3.05, 3.63) is 54.2 Å². The Hall–Kier alpha value is -2.95. The van der Waals surface area contributed by atoms with E-state index in [1.54, 1.807) is 12.1 Å². The van der Waals surface area contributed by atoms with E-state index in [2.05, 4.69) is 12.2 Å².